The molecule has 28 heavy (non-hydrogen) atoms. The molecule has 1 atom stereocenters. The number of halogens is 1. The van der Waals surface area contributed by atoms with E-state index in [2.05, 4.69) is 26.1 Å². The van der Waals surface area contributed by atoms with Gasteiger partial charge in [0.05, 0.1) is 0 Å². The van der Waals surface area contributed by atoms with Crippen LogP contribution in [0.2, 0.25) is 5.02 Å². The van der Waals surface area contributed by atoms with Crippen LogP contribution in [0.5, 0.6) is 5.75 Å². The van der Waals surface area contributed by atoms with Gasteiger partial charge in [-0.15, -0.1) is 0 Å². The predicted molar refractivity (Wildman–Crippen MR) is 114 cm³/mol. The van der Waals surface area contributed by atoms with E-state index < -0.39 is 0 Å². The highest BCUT2D eigenvalue weighted by Gasteiger charge is 2.53. The zero-order chi connectivity index (χ0) is 20.1. The molecule has 4 bridgehead atoms. The Bertz CT molecular complexity index is 722. The first kappa shape index (κ1) is 20.1. The monoisotopic (exact) mass is 403 g/mol. The van der Waals surface area contributed by atoms with Crippen molar-refractivity contribution in [2.24, 2.45) is 23.2 Å². The molecule has 4 fully saturated rings. The van der Waals surface area contributed by atoms with Gasteiger partial charge in [0.1, 0.15) is 5.75 Å². The van der Waals surface area contributed by atoms with Crippen LogP contribution in [0.15, 0.2) is 12.1 Å². The summed E-state index contributed by atoms with van der Waals surface area (Å²) in [6, 6.07) is 4.15. The molecular weight excluding hydrogens is 370 g/mol. The number of amides is 1. The fourth-order valence-corrected chi connectivity index (χ4v) is 6.71. The van der Waals surface area contributed by atoms with E-state index in [4.69, 9.17) is 16.3 Å². The van der Waals surface area contributed by atoms with E-state index in [1.165, 1.54) is 38.5 Å². The molecule has 0 radical (unpaired) electrons. The third kappa shape index (κ3) is 3.79. The van der Waals surface area contributed by atoms with Crippen LogP contribution in [0, 0.1) is 30.1 Å². The van der Waals surface area contributed by atoms with Crippen molar-refractivity contribution >= 4 is 17.5 Å². The van der Waals surface area contributed by atoms with Crippen molar-refractivity contribution in [2.45, 2.75) is 78.2 Å². The number of aryl methyl sites for hydroxylation is 1. The summed E-state index contributed by atoms with van der Waals surface area (Å²) in [5.74, 6) is 3.75. The summed E-state index contributed by atoms with van der Waals surface area (Å²) in [7, 11) is 0. The van der Waals surface area contributed by atoms with Gasteiger partial charge in [0.25, 0.3) is 5.91 Å². The fraction of sp³-hybridized carbons (Fsp3) is 0.708. The van der Waals surface area contributed by atoms with Crippen LogP contribution in [0.3, 0.4) is 0 Å². The lowest BCUT2D eigenvalue weighted by atomic mass is 9.48. The van der Waals surface area contributed by atoms with Crippen molar-refractivity contribution in [3.05, 3.63) is 28.3 Å². The molecular formula is C24H34ClNO2. The van der Waals surface area contributed by atoms with Crippen molar-refractivity contribution in [3.63, 3.8) is 0 Å². The molecule has 0 heterocycles. The van der Waals surface area contributed by atoms with Crippen LogP contribution < -0.4 is 10.1 Å². The first-order chi connectivity index (χ1) is 13.3. The molecule has 1 aromatic rings. The van der Waals surface area contributed by atoms with Gasteiger partial charge < -0.3 is 10.1 Å². The molecule has 0 spiro atoms. The molecule has 4 heteroatoms. The zero-order valence-electron chi connectivity index (χ0n) is 17.7. The minimum absolute atomic E-state index is 0.00875. The summed E-state index contributed by atoms with van der Waals surface area (Å²) < 4.78 is 5.95. The molecule has 4 aliphatic carbocycles. The summed E-state index contributed by atoms with van der Waals surface area (Å²) in [6.07, 6.45) is 8.18. The van der Waals surface area contributed by atoms with Gasteiger partial charge >= 0.3 is 0 Å². The first-order valence-electron chi connectivity index (χ1n) is 11.0. The maximum atomic E-state index is 12.7. The molecule has 4 saturated carbocycles. The van der Waals surface area contributed by atoms with Gasteiger partial charge in [-0.1, -0.05) is 25.4 Å². The Hall–Kier alpha value is -1.22. The third-order valence-electron chi connectivity index (χ3n) is 7.65. The Kier molecular flexibility index (Phi) is 5.41. The highest BCUT2D eigenvalue weighted by atomic mass is 35.5. The molecule has 154 valence electrons. The summed E-state index contributed by atoms with van der Waals surface area (Å²) in [5.41, 5.74) is 2.35. The normalized spacial score (nSPS) is 31.9. The van der Waals surface area contributed by atoms with Crippen molar-refractivity contribution in [2.75, 3.05) is 6.61 Å². The predicted octanol–water partition coefficient (Wildman–Crippen LogP) is 5.87. The molecule has 0 aliphatic heterocycles. The van der Waals surface area contributed by atoms with Gasteiger partial charge in [-0.2, -0.15) is 0 Å². The summed E-state index contributed by atoms with van der Waals surface area (Å²) >= 11 is 6.28. The van der Waals surface area contributed by atoms with Crippen LogP contribution in [-0.4, -0.2) is 18.6 Å². The molecule has 0 aromatic heterocycles. The van der Waals surface area contributed by atoms with E-state index in [1.807, 2.05) is 19.1 Å². The minimum Gasteiger partial charge on any atom is -0.483 e. The number of carbonyl (C=O) groups is 1. The van der Waals surface area contributed by atoms with Crippen molar-refractivity contribution in [1.82, 2.24) is 5.32 Å². The van der Waals surface area contributed by atoms with Crippen LogP contribution in [0.25, 0.3) is 0 Å². The molecule has 1 N–H and O–H groups in total. The van der Waals surface area contributed by atoms with E-state index in [1.54, 1.807) is 0 Å². The van der Waals surface area contributed by atoms with E-state index in [-0.39, 0.29) is 18.6 Å². The number of ether oxygens (including phenoxy) is 1. The van der Waals surface area contributed by atoms with Crippen molar-refractivity contribution in [3.8, 4) is 5.75 Å². The quantitative estimate of drug-likeness (QED) is 0.644. The maximum absolute atomic E-state index is 12.7. The molecule has 5 rings (SSSR count). The van der Waals surface area contributed by atoms with Gasteiger partial charge in [0.15, 0.2) is 6.61 Å². The lowest BCUT2D eigenvalue weighted by Gasteiger charge is -2.59. The Morgan fingerprint density at radius 2 is 1.71 bits per heavy atom. The lowest BCUT2D eigenvalue weighted by molar-refractivity contribution is -0.127. The Balaban J connectivity index is 1.38. The molecule has 3 nitrogen and oxygen atoms in total. The van der Waals surface area contributed by atoms with Crippen LogP contribution in [0.1, 0.15) is 76.3 Å². The Morgan fingerprint density at radius 1 is 1.14 bits per heavy atom. The third-order valence-corrected chi connectivity index (χ3v) is 8.06. The molecule has 1 amide bonds. The smallest absolute Gasteiger partial charge is 0.258 e. The standard InChI is InChI=1S/C24H34ClNO2/c1-14(2)20-9-21(25)15(3)5-22(20)28-13-23(27)26-16(4)24-10-17-6-18(11-24)8-19(7-17)12-24/h5,9,14,16-19H,6-8,10-13H2,1-4H3,(H,26,27)/t16-,17?,18?,19?,24?/m1/s1. The minimum atomic E-state index is -0.00875. The van der Waals surface area contributed by atoms with Crippen LogP contribution >= 0.6 is 11.6 Å². The first-order valence-corrected chi connectivity index (χ1v) is 11.4. The molecule has 0 saturated heterocycles. The highest BCUT2D eigenvalue weighted by molar-refractivity contribution is 6.31. The topological polar surface area (TPSA) is 38.3 Å². The van der Waals surface area contributed by atoms with Crippen LogP contribution in [0.4, 0.5) is 0 Å². The molecule has 1 aromatic carbocycles. The summed E-state index contributed by atoms with van der Waals surface area (Å²) in [5, 5.41) is 4.04. The number of rotatable bonds is 6. The Morgan fingerprint density at radius 3 is 2.25 bits per heavy atom. The average Bonchev–Trinajstić information content (AvgIpc) is 2.61. The summed E-state index contributed by atoms with van der Waals surface area (Å²) in [6.45, 7) is 8.48. The highest BCUT2D eigenvalue weighted by Crippen LogP contribution is 2.61. The van der Waals surface area contributed by atoms with Gasteiger partial charge in [-0.3, -0.25) is 4.79 Å². The fourth-order valence-electron chi connectivity index (χ4n) is 6.53. The molecule has 4 aliphatic rings. The van der Waals surface area contributed by atoms with E-state index in [0.717, 1.165) is 39.7 Å². The molecule has 0 unspecified atom stereocenters. The van der Waals surface area contributed by atoms with Gasteiger partial charge in [0.2, 0.25) is 0 Å². The summed E-state index contributed by atoms with van der Waals surface area (Å²) in [4.78, 5) is 12.7. The van der Waals surface area contributed by atoms with E-state index >= 15 is 0 Å². The Labute approximate surface area is 174 Å². The second kappa shape index (κ2) is 7.55. The second-order valence-corrected chi connectivity index (χ2v) is 10.6. The van der Waals surface area contributed by atoms with Crippen molar-refractivity contribution in [1.29, 1.82) is 0 Å². The number of carbonyl (C=O) groups excluding carboxylic acids is 1. The maximum Gasteiger partial charge on any atom is 0.258 e. The van der Waals surface area contributed by atoms with Crippen molar-refractivity contribution < 1.29 is 9.53 Å². The van der Waals surface area contributed by atoms with Gasteiger partial charge in [-0.05, 0) is 105 Å². The van der Waals surface area contributed by atoms with E-state index in [0.29, 0.717) is 11.3 Å². The SMILES string of the molecule is Cc1cc(OCC(=O)N[C@H](C)C23CC4CC(CC(C4)C2)C3)c(C(C)C)cc1Cl. The van der Waals surface area contributed by atoms with Gasteiger partial charge in [0, 0.05) is 11.1 Å². The number of hydrogen-bond acceptors (Lipinski definition) is 2. The number of hydrogen-bond donors (Lipinski definition) is 1. The average molecular weight is 404 g/mol. The van der Waals surface area contributed by atoms with Crippen LogP contribution in [-0.2, 0) is 4.79 Å². The second-order valence-electron chi connectivity index (χ2n) is 10.2. The lowest BCUT2D eigenvalue weighted by Crippen LogP contribution is -2.56. The largest absolute Gasteiger partial charge is 0.483 e. The van der Waals surface area contributed by atoms with E-state index in [9.17, 15) is 4.79 Å². The zero-order valence-corrected chi connectivity index (χ0v) is 18.4. The number of benzene rings is 1. The van der Waals surface area contributed by atoms with Gasteiger partial charge in [-0.25, -0.2) is 0 Å². The number of nitrogens with one attached hydrogen (secondary N) is 1.